The second-order valence-corrected chi connectivity index (χ2v) is 7.37. The van der Waals surface area contributed by atoms with Crippen LogP contribution in [0, 0.1) is 0 Å². The van der Waals surface area contributed by atoms with Crippen LogP contribution in [0.25, 0.3) is 0 Å². The Morgan fingerprint density at radius 3 is 2.50 bits per heavy atom. The summed E-state index contributed by atoms with van der Waals surface area (Å²) in [5.41, 5.74) is 4.44. The third kappa shape index (κ3) is 3.00. The maximum atomic E-state index is 13.0. The van der Waals surface area contributed by atoms with Crippen LogP contribution in [-0.4, -0.2) is 31.9 Å². The Morgan fingerprint density at radius 1 is 1.35 bits per heavy atom. The molecule has 0 radical (unpaired) electrons. The summed E-state index contributed by atoms with van der Waals surface area (Å²) in [7, 11) is -4.19. The van der Waals surface area contributed by atoms with Crippen molar-refractivity contribution in [1.29, 1.82) is 0 Å². The van der Waals surface area contributed by atoms with Crippen molar-refractivity contribution < 1.29 is 21.6 Å². The van der Waals surface area contributed by atoms with Gasteiger partial charge in [-0.25, -0.2) is 8.42 Å². The van der Waals surface area contributed by atoms with Crippen LogP contribution in [0.4, 0.5) is 13.2 Å². The van der Waals surface area contributed by atoms with E-state index in [0.29, 0.717) is 6.42 Å². The molecule has 1 aromatic rings. The normalized spacial score (nSPS) is 21.4. The molecule has 0 unspecified atom stereocenters. The monoisotopic (exact) mass is 372 g/mol. The van der Waals surface area contributed by atoms with E-state index in [0.717, 1.165) is 16.4 Å². The van der Waals surface area contributed by atoms with E-state index in [1.54, 1.807) is 0 Å². The van der Waals surface area contributed by atoms with Gasteiger partial charge in [-0.1, -0.05) is 15.9 Å². The molecule has 0 aromatic heterocycles. The number of benzene rings is 1. The Labute approximate surface area is 122 Å². The SMILES string of the molecule is N[C@@H]1CCN(S(=O)(=O)c2ccc(Br)cc2C(F)(F)F)C1. The molecule has 0 bridgehead atoms. The number of sulfonamides is 1. The van der Waals surface area contributed by atoms with Crippen molar-refractivity contribution in [3.8, 4) is 0 Å². The van der Waals surface area contributed by atoms with Crippen LogP contribution in [0.3, 0.4) is 0 Å². The summed E-state index contributed by atoms with van der Waals surface area (Å²) in [4.78, 5) is -0.734. The zero-order chi connectivity index (χ0) is 15.1. The number of hydrogen-bond acceptors (Lipinski definition) is 3. The molecule has 1 aromatic carbocycles. The van der Waals surface area contributed by atoms with Crippen LogP contribution in [0.2, 0.25) is 0 Å². The Morgan fingerprint density at radius 2 is 2.00 bits per heavy atom. The quantitative estimate of drug-likeness (QED) is 0.865. The van der Waals surface area contributed by atoms with Crippen molar-refractivity contribution in [2.75, 3.05) is 13.1 Å². The first-order chi connectivity index (χ1) is 9.12. The summed E-state index contributed by atoms with van der Waals surface area (Å²) < 4.78 is 64.8. The van der Waals surface area contributed by atoms with Crippen LogP contribution in [0.1, 0.15) is 12.0 Å². The van der Waals surface area contributed by atoms with Gasteiger partial charge in [0, 0.05) is 23.6 Å². The molecule has 20 heavy (non-hydrogen) atoms. The van der Waals surface area contributed by atoms with Gasteiger partial charge in [-0.05, 0) is 24.6 Å². The fourth-order valence-corrected chi connectivity index (χ4v) is 4.13. The largest absolute Gasteiger partial charge is 0.417 e. The van der Waals surface area contributed by atoms with Gasteiger partial charge < -0.3 is 5.73 Å². The average Bonchev–Trinajstić information content (AvgIpc) is 2.75. The van der Waals surface area contributed by atoms with E-state index >= 15 is 0 Å². The molecule has 0 aliphatic carbocycles. The fourth-order valence-electron chi connectivity index (χ4n) is 2.06. The van der Waals surface area contributed by atoms with Crippen LogP contribution in [0.5, 0.6) is 0 Å². The summed E-state index contributed by atoms with van der Waals surface area (Å²) in [5.74, 6) is 0. The lowest BCUT2D eigenvalue weighted by Crippen LogP contribution is -2.33. The van der Waals surface area contributed by atoms with Crippen LogP contribution in [0.15, 0.2) is 27.6 Å². The van der Waals surface area contributed by atoms with Gasteiger partial charge in [0.15, 0.2) is 0 Å². The summed E-state index contributed by atoms with van der Waals surface area (Å²) in [5, 5.41) is 0. The molecule has 1 saturated heterocycles. The molecule has 0 spiro atoms. The standard InChI is InChI=1S/C11H12BrF3N2O2S/c12-7-1-2-10(9(5-7)11(13,14)15)20(18,19)17-4-3-8(16)6-17/h1-2,5,8H,3-4,6,16H2/t8-/m1/s1. The van der Waals surface area contributed by atoms with Crippen molar-refractivity contribution in [3.05, 3.63) is 28.2 Å². The Kier molecular flexibility index (Phi) is 4.16. The minimum atomic E-state index is -4.74. The molecule has 0 amide bonds. The van der Waals surface area contributed by atoms with E-state index in [2.05, 4.69) is 15.9 Å². The fraction of sp³-hybridized carbons (Fsp3) is 0.455. The Bertz CT molecular complexity index is 619. The number of nitrogens with zero attached hydrogens (tertiary/aromatic N) is 1. The van der Waals surface area contributed by atoms with E-state index < -0.39 is 26.7 Å². The van der Waals surface area contributed by atoms with E-state index in [9.17, 15) is 21.6 Å². The Balaban J connectivity index is 2.52. The smallest absolute Gasteiger partial charge is 0.326 e. The average molecular weight is 373 g/mol. The predicted molar refractivity (Wildman–Crippen MR) is 70.5 cm³/mol. The second kappa shape index (κ2) is 5.28. The first-order valence-electron chi connectivity index (χ1n) is 5.75. The molecule has 1 aliphatic rings. The minimum Gasteiger partial charge on any atom is -0.326 e. The van der Waals surface area contributed by atoms with E-state index in [1.165, 1.54) is 6.07 Å². The van der Waals surface area contributed by atoms with Gasteiger partial charge in [-0.3, -0.25) is 0 Å². The molecule has 1 heterocycles. The number of rotatable bonds is 2. The summed E-state index contributed by atoms with van der Waals surface area (Å²) in [6.45, 7) is 0.173. The van der Waals surface area contributed by atoms with Crippen molar-refractivity contribution >= 4 is 26.0 Å². The first-order valence-corrected chi connectivity index (χ1v) is 7.98. The third-order valence-electron chi connectivity index (χ3n) is 3.05. The predicted octanol–water partition coefficient (Wildman–Crippen LogP) is 2.19. The van der Waals surface area contributed by atoms with E-state index in [1.807, 2.05) is 0 Å². The van der Waals surface area contributed by atoms with Gasteiger partial charge in [0.25, 0.3) is 0 Å². The van der Waals surface area contributed by atoms with Crippen molar-refractivity contribution in [1.82, 2.24) is 4.31 Å². The van der Waals surface area contributed by atoms with Gasteiger partial charge in [0.2, 0.25) is 10.0 Å². The highest BCUT2D eigenvalue weighted by molar-refractivity contribution is 9.10. The van der Waals surface area contributed by atoms with Crippen LogP contribution in [-0.2, 0) is 16.2 Å². The first kappa shape index (κ1) is 15.7. The molecule has 2 rings (SSSR count). The van der Waals surface area contributed by atoms with Gasteiger partial charge >= 0.3 is 6.18 Å². The highest BCUT2D eigenvalue weighted by Gasteiger charge is 2.40. The highest BCUT2D eigenvalue weighted by Crippen LogP contribution is 2.37. The number of halogens is 4. The molecule has 1 aliphatic heterocycles. The lowest BCUT2D eigenvalue weighted by Gasteiger charge is -2.19. The van der Waals surface area contributed by atoms with E-state index in [-0.39, 0.29) is 23.6 Å². The molecular formula is C11H12BrF3N2O2S. The van der Waals surface area contributed by atoms with Gasteiger partial charge in [0.1, 0.15) is 0 Å². The molecule has 0 saturated carbocycles. The zero-order valence-corrected chi connectivity index (χ0v) is 12.6. The topological polar surface area (TPSA) is 63.4 Å². The lowest BCUT2D eigenvalue weighted by atomic mass is 10.2. The Hall–Kier alpha value is -0.640. The molecule has 9 heteroatoms. The minimum absolute atomic E-state index is 0.0374. The highest BCUT2D eigenvalue weighted by atomic mass is 79.9. The van der Waals surface area contributed by atoms with Crippen LogP contribution >= 0.6 is 15.9 Å². The number of hydrogen-bond donors (Lipinski definition) is 1. The maximum Gasteiger partial charge on any atom is 0.417 e. The zero-order valence-electron chi connectivity index (χ0n) is 10.2. The van der Waals surface area contributed by atoms with Gasteiger partial charge in [-0.15, -0.1) is 0 Å². The van der Waals surface area contributed by atoms with Crippen molar-refractivity contribution in [2.45, 2.75) is 23.5 Å². The van der Waals surface area contributed by atoms with E-state index in [4.69, 9.17) is 5.73 Å². The maximum absolute atomic E-state index is 13.0. The van der Waals surface area contributed by atoms with Crippen LogP contribution < -0.4 is 5.73 Å². The van der Waals surface area contributed by atoms with Gasteiger partial charge in [0.05, 0.1) is 10.5 Å². The third-order valence-corrected chi connectivity index (χ3v) is 5.47. The molecule has 112 valence electrons. The van der Waals surface area contributed by atoms with Crippen molar-refractivity contribution in [2.24, 2.45) is 5.73 Å². The molecule has 1 fully saturated rings. The number of alkyl halides is 3. The van der Waals surface area contributed by atoms with Crippen molar-refractivity contribution in [3.63, 3.8) is 0 Å². The second-order valence-electron chi connectivity index (χ2n) is 4.55. The van der Waals surface area contributed by atoms with Gasteiger partial charge in [-0.2, -0.15) is 17.5 Å². The molecule has 1 atom stereocenters. The molecular weight excluding hydrogens is 361 g/mol. The summed E-state index contributed by atoms with van der Waals surface area (Å²) in [6.07, 6.45) is -4.30. The number of nitrogens with two attached hydrogens (primary N) is 1. The molecule has 4 nitrogen and oxygen atoms in total. The summed E-state index contributed by atoms with van der Waals surface area (Å²) >= 11 is 2.92. The molecule has 2 N–H and O–H groups in total. The lowest BCUT2D eigenvalue weighted by molar-refractivity contribution is -0.140. The summed E-state index contributed by atoms with van der Waals surface area (Å²) in [6, 6.07) is 2.67.